The molecule has 1 aromatic carbocycles. The largest absolute Gasteiger partial charge is 0.469 e. The van der Waals surface area contributed by atoms with Crippen molar-refractivity contribution in [2.75, 3.05) is 19.0 Å². The highest BCUT2D eigenvalue weighted by Crippen LogP contribution is 2.48. The number of carbonyl (C=O) groups is 3. The van der Waals surface area contributed by atoms with E-state index in [0.29, 0.717) is 11.3 Å². The van der Waals surface area contributed by atoms with Gasteiger partial charge in [-0.2, -0.15) is 0 Å². The second kappa shape index (κ2) is 7.21. The Kier molecular flexibility index (Phi) is 4.83. The third kappa shape index (κ3) is 4.06. The monoisotopic (exact) mass is 342 g/mol. The Morgan fingerprint density at radius 1 is 1.20 bits per heavy atom. The van der Waals surface area contributed by atoms with Crippen molar-refractivity contribution in [2.24, 2.45) is 5.92 Å². The average Bonchev–Trinajstić information content (AvgIpc) is 3.25. The van der Waals surface area contributed by atoms with Gasteiger partial charge in [-0.25, -0.2) is 0 Å². The quantitative estimate of drug-likeness (QED) is 0.782. The summed E-state index contributed by atoms with van der Waals surface area (Å²) in [6, 6.07) is 10.1. The van der Waals surface area contributed by atoms with Crippen molar-refractivity contribution in [3.63, 3.8) is 0 Å². The molecule has 2 unspecified atom stereocenters. The number of ether oxygens (including phenoxy) is 1. The van der Waals surface area contributed by atoms with Crippen molar-refractivity contribution in [1.29, 1.82) is 0 Å². The number of carbonyl (C=O) groups excluding carboxylic acids is 3. The molecule has 0 radical (unpaired) electrons. The van der Waals surface area contributed by atoms with E-state index in [9.17, 15) is 14.4 Å². The van der Waals surface area contributed by atoms with Crippen LogP contribution in [0.1, 0.15) is 28.5 Å². The van der Waals surface area contributed by atoms with Crippen molar-refractivity contribution in [3.05, 3.63) is 54.0 Å². The van der Waals surface area contributed by atoms with Crippen LogP contribution in [0.4, 0.5) is 5.69 Å². The summed E-state index contributed by atoms with van der Waals surface area (Å²) in [5, 5.41) is 5.28. The molecule has 3 rings (SSSR count). The van der Waals surface area contributed by atoms with E-state index in [4.69, 9.17) is 4.42 Å². The van der Waals surface area contributed by atoms with Gasteiger partial charge in [-0.3, -0.25) is 14.4 Å². The Morgan fingerprint density at radius 2 is 1.96 bits per heavy atom. The average molecular weight is 342 g/mol. The Hall–Kier alpha value is -3.09. The van der Waals surface area contributed by atoms with Gasteiger partial charge in [0.25, 0.3) is 5.91 Å². The van der Waals surface area contributed by atoms with Crippen LogP contribution in [0.2, 0.25) is 0 Å². The Bertz CT molecular complexity index is 767. The van der Waals surface area contributed by atoms with Crippen molar-refractivity contribution in [1.82, 2.24) is 5.32 Å². The zero-order chi connectivity index (χ0) is 17.8. The maximum atomic E-state index is 12.2. The molecule has 1 aliphatic rings. The van der Waals surface area contributed by atoms with Crippen LogP contribution in [-0.2, 0) is 14.3 Å². The molecule has 130 valence electrons. The fourth-order valence-corrected chi connectivity index (χ4v) is 2.57. The zero-order valence-corrected chi connectivity index (χ0v) is 13.7. The summed E-state index contributed by atoms with van der Waals surface area (Å²) in [7, 11) is 1.25. The molecule has 1 aliphatic carbocycles. The lowest BCUT2D eigenvalue weighted by Crippen LogP contribution is -2.30. The number of benzene rings is 1. The van der Waals surface area contributed by atoms with E-state index in [1.807, 2.05) is 12.1 Å². The second-order valence-electron chi connectivity index (χ2n) is 5.79. The highest BCUT2D eigenvalue weighted by atomic mass is 16.5. The molecule has 1 fully saturated rings. The van der Waals surface area contributed by atoms with E-state index in [2.05, 4.69) is 15.4 Å². The summed E-state index contributed by atoms with van der Waals surface area (Å²) in [6.07, 6.45) is 2.37. The SMILES string of the molecule is COC(=O)CNC(=O)c1ccc(NC(=O)C2CC2c2ccco2)cc1. The van der Waals surface area contributed by atoms with Crippen LogP contribution in [-0.4, -0.2) is 31.4 Å². The van der Waals surface area contributed by atoms with E-state index in [1.165, 1.54) is 7.11 Å². The van der Waals surface area contributed by atoms with Gasteiger partial charge >= 0.3 is 5.97 Å². The maximum Gasteiger partial charge on any atom is 0.325 e. The zero-order valence-electron chi connectivity index (χ0n) is 13.7. The molecule has 1 saturated carbocycles. The van der Waals surface area contributed by atoms with E-state index >= 15 is 0 Å². The number of rotatable bonds is 6. The molecule has 1 heterocycles. The van der Waals surface area contributed by atoms with Gasteiger partial charge in [0.15, 0.2) is 0 Å². The molecule has 1 aromatic heterocycles. The van der Waals surface area contributed by atoms with Gasteiger partial charge in [0.2, 0.25) is 5.91 Å². The van der Waals surface area contributed by atoms with Gasteiger partial charge in [0.1, 0.15) is 12.3 Å². The topological polar surface area (TPSA) is 97.6 Å². The van der Waals surface area contributed by atoms with Crippen molar-refractivity contribution in [3.8, 4) is 0 Å². The summed E-state index contributed by atoms with van der Waals surface area (Å²) in [5.41, 5.74) is 1.00. The lowest BCUT2D eigenvalue weighted by atomic mass is 10.2. The standard InChI is InChI=1S/C18H18N2O5/c1-24-16(21)10-19-17(22)11-4-6-12(7-5-11)20-18(23)14-9-13(14)15-3-2-8-25-15/h2-8,13-14H,9-10H2,1H3,(H,19,22)(H,20,23). The van der Waals surface area contributed by atoms with Crippen molar-refractivity contribution >= 4 is 23.5 Å². The first-order chi connectivity index (χ1) is 12.1. The summed E-state index contributed by atoms with van der Waals surface area (Å²) < 4.78 is 9.78. The first kappa shape index (κ1) is 16.8. The fourth-order valence-electron chi connectivity index (χ4n) is 2.57. The number of hydrogen-bond acceptors (Lipinski definition) is 5. The van der Waals surface area contributed by atoms with Crippen molar-refractivity contribution in [2.45, 2.75) is 12.3 Å². The van der Waals surface area contributed by atoms with Crippen LogP contribution in [0.5, 0.6) is 0 Å². The molecule has 2 aromatic rings. The Labute approximate surface area is 144 Å². The first-order valence-electron chi connectivity index (χ1n) is 7.88. The molecule has 0 bridgehead atoms. The van der Waals surface area contributed by atoms with Crippen LogP contribution in [0.15, 0.2) is 47.1 Å². The van der Waals surface area contributed by atoms with Crippen LogP contribution in [0, 0.1) is 5.92 Å². The molecule has 25 heavy (non-hydrogen) atoms. The molecule has 0 saturated heterocycles. The van der Waals surface area contributed by atoms with Gasteiger partial charge < -0.3 is 19.8 Å². The summed E-state index contributed by atoms with van der Waals surface area (Å²) >= 11 is 0. The number of anilines is 1. The minimum absolute atomic E-state index is 0.0655. The molecule has 0 spiro atoms. The van der Waals surface area contributed by atoms with E-state index < -0.39 is 5.97 Å². The number of hydrogen-bond donors (Lipinski definition) is 2. The number of nitrogens with one attached hydrogen (secondary N) is 2. The second-order valence-corrected chi connectivity index (χ2v) is 5.79. The van der Waals surface area contributed by atoms with Crippen LogP contribution in [0.3, 0.4) is 0 Å². The number of esters is 1. The predicted octanol–water partition coefficient (Wildman–Crippen LogP) is 1.92. The molecular formula is C18H18N2O5. The van der Waals surface area contributed by atoms with Gasteiger partial charge in [0.05, 0.1) is 13.4 Å². The van der Waals surface area contributed by atoms with Crippen LogP contribution >= 0.6 is 0 Å². The fraction of sp³-hybridized carbons (Fsp3) is 0.278. The summed E-state index contributed by atoms with van der Waals surface area (Å²) in [6.45, 7) is -0.191. The highest BCUT2D eigenvalue weighted by Gasteiger charge is 2.45. The Balaban J connectivity index is 1.52. The number of amides is 2. The lowest BCUT2D eigenvalue weighted by molar-refractivity contribution is -0.139. The van der Waals surface area contributed by atoms with Gasteiger partial charge in [-0.1, -0.05) is 0 Å². The van der Waals surface area contributed by atoms with E-state index in [-0.39, 0.29) is 30.2 Å². The van der Waals surface area contributed by atoms with Crippen molar-refractivity contribution < 1.29 is 23.5 Å². The molecular weight excluding hydrogens is 324 g/mol. The molecule has 7 nitrogen and oxygen atoms in total. The molecule has 7 heteroatoms. The molecule has 2 amide bonds. The minimum atomic E-state index is -0.521. The minimum Gasteiger partial charge on any atom is -0.469 e. The van der Waals surface area contributed by atoms with Crippen LogP contribution in [0.25, 0.3) is 0 Å². The highest BCUT2D eigenvalue weighted by molar-refractivity contribution is 5.98. The maximum absolute atomic E-state index is 12.2. The number of furan rings is 1. The predicted molar refractivity (Wildman–Crippen MR) is 89.0 cm³/mol. The molecule has 2 atom stereocenters. The third-order valence-corrected chi connectivity index (χ3v) is 4.07. The third-order valence-electron chi connectivity index (χ3n) is 4.07. The van der Waals surface area contributed by atoms with Gasteiger partial charge in [-0.05, 0) is 42.8 Å². The van der Waals surface area contributed by atoms with Crippen LogP contribution < -0.4 is 10.6 Å². The lowest BCUT2D eigenvalue weighted by Gasteiger charge is -2.07. The smallest absolute Gasteiger partial charge is 0.325 e. The molecule has 2 N–H and O–H groups in total. The van der Waals surface area contributed by atoms with Gasteiger partial charge in [0, 0.05) is 23.1 Å². The first-order valence-corrected chi connectivity index (χ1v) is 7.88. The molecule has 0 aliphatic heterocycles. The van der Waals surface area contributed by atoms with E-state index in [1.54, 1.807) is 30.5 Å². The van der Waals surface area contributed by atoms with Gasteiger partial charge in [-0.15, -0.1) is 0 Å². The van der Waals surface area contributed by atoms with E-state index in [0.717, 1.165) is 12.2 Å². The number of methoxy groups -OCH3 is 1. The summed E-state index contributed by atoms with van der Waals surface area (Å²) in [5.74, 6) is -0.0919. The Morgan fingerprint density at radius 3 is 2.60 bits per heavy atom. The summed E-state index contributed by atoms with van der Waals surface area (Å²) in [4.78, 5) is 35.1. The normalized spacial score (nSPS) is 18.3.